The molecule has 0 saturated heterocycles. The maximum Gasteiger partial charge on any atom is 0.343 e. The van der Waals surface area contributed by atoms with E-state index in [1.165, 1.54) is 45.7 Å². The number of methoxy groups -OCH3 is 3. The number of esters is 1. The van der Waals surface area contributed by atoms with E-state index in [0.717, 1.165) is 0 Å². The third-order valence-corrected chi connectivity index (χ3v) is 6.77. The number of amides is 2. The Kier molecular flexibility index (Phi) is 10.4. The molecule has 0 fully saturated rings. The number of hydrogen-bond donors (Lipinski definition) is 2. The summed E-state index contributed by atoms with van der Waals surface area (Å²) in [6.07, 6.45) is 1.34. The second kappa shape index (κ2) is 14.3. The van der Waals surface area contributed by atoms with E-state index in [2.05, 4.69) is 31.8 Å². The summed E-state index contributed by atoms with van der Waals surface area (Å²) >= 11 is 9.49. The van der Waals surface area contributed by atoms with E-state index in [0.29, 0.717) is 43.6 Å². The Morgan fingerprint density at radius 2 is 1.51 bits per heavy atom. The topological polar surface area (TPSA) is 125 Å². The van der Waals surface area contributed by atoms with Crippen molar-refractivity contribution in [3.05, 3.63) is 111 Å². The molecule has 2 amide bonds. The van der Waals surface area contributed by atoms with Gasteiger partial charge in [-0.15, -0.1) is 0 Å². The van der Waals surface area contributed by atoms with Crippen molar-refractivity contribution < 1.29 is 33.3 Å². The molecule has 2 N–H and O–H groups in total. The molecular formula is C31H25BrClN3O7. The number of hydrazone groups is 1. The number of nitrogens with zero attached hydrogens (tertiary/aromatic N) is 1. The predicted molar refractivity (Wildman–Crippen MR) is 166 cm³/mol. The number of hydrogen-bond acceptors (Lipinski definition) is 8. The first-order chi connectivity index (χ1) is 20.7. The van der Waals surface area contributed by atoms with Crippen molar-refractivity contribution >= 4 is 57.2 Å². The lowest BCUT2D eigenvalue weighted by Gasteiger charge is -2.14. The second-order valence-electron chi connectivity index (χ2n) is 8.70. The molecule has 4 aromatic carbocycles. The highest BCUT2D eigenvalue weighted by Crippen LogP contribution is 2.38. The van der Waals surface area contributed by atoms with E-state index in [4.69, 9.17) is 30.5 Å². The smallest absolute Gasteiger partial charge is 0.343 e. The van der Waals surface area contributed by atoms with Gasteiger partial charge < -0.3 is 24.3 Å². The van der Waals surface area contributed by atoms with Gasteiger partial charge in [-0.2, -0.15) is 5.10 Å². The Morgan fingerprint density at radius 3 is 2.19 bits per heavy atom. The van der Waals surface area contributed by atoms with Crippen molar-refractivity contribution in [1.82, 2.24) is 5.43 Å². The van der Waals surface area contributed by atoms with E-state index in [1.54, 1.807) is 60.7 Å². The van der Waals surface area contributed by atoms with Gasteiger partial charge in [-0.05, 0) is 60.7 Å². The zero-order valence-corrected chi connectivity index (χ0v) is 25.5. The Hall–Kier alpha value is -4.87. The van der Waals surface area contributed by atoms with Crippen LogP contribution in [0.5, 0.6) is 23.0 Å². The standard InChI is InChI=1S/C31H25BrClN3O7/c1-40-26-15-19(16-27(41-2)28(26)42-3)31(39)43-25-12-11-21(32)13-20(25)17-34-36-29(37)18-7-6-8-22(14-18)35-30(38)23-9-4-5-10-24(23)33/h4-17H,1-3H3,(H,35,38)(H,36,37). The maximum atomic E-state index is 13.0. The third-order valence-electron chi connectivity index (χ3n) is 5.95. The average Bonchev–Trinajstić information content (AvgIpc) is 3.01. The van der Waals surface area contributed by atoms with E-state index >= 15 is 0 Å². The lowest BCUT2D eigenvalue weighted by atomic mass is 10.1. The summed E-state index contributed by atoms with van der Waals surface area (Å²) in [5.74, 6) is -0.522. The number of nitrogens with one attached hydrogen (secondary N) is 2. The van der Waals surface area contributed by atoms with Crippen LogP contribution in [0.15, 0.2) is 88.4 Å². The molecule has 0 atom stereocenters. The van der Waals surface area contributed by atoms with E-state index < -0.39 is 17.8 Å². The molecule has 0 aliphatic heterocycles. The third kappa shape index (κ3) is 7.70. The van der Waals surface area contributed by atoms with Crippen molar-refractivity contribution in [2.75, 3.05) is 26.6 Å². The molecule has 0 aliphatic rings. The molecule has 0 heterocycles. The van der Waals surface area contributed by atoms with Crippen LogP contribution in [0.1, 0.15) is 36.6 Å². The van der Waals surface area contributed by atoms with Gasteiger partial charge in [-0.3, -0.25) is 9.59 Å². The molecule has 10 nitrogen and oxygen atoms in total. The van der Waals surface area contributed by atoms with E-state index in [1.807, 2.05) is 0 Å². The molecule has 0 bridgehead atoms. The summed E-state index contributed by atoms with van der Waals surface area (Å²) in [6, 6.07) is 20.9. The molecule has 12 heteroatoms. The first kappa shape index (κ1) is 31.1. The molecule has 0 aliphatic carbocycles. The van der Waals surface area contributed by atoms with Gasteiger partial charge in [-0.25, -0.2) is 10.2 Å². The lowest BCUT2D eigenvalue weighted by Crippen LogP contribution is -2.18. The van der Waals surface area contributed by atoms with Crippen LogP contribution < -0.4 is 29.7 Å². The monoisotopic (exact) mass is 665 g/mol. The molecular weight excluding hydrogens is 642 g/mol. The fourth-order valence-electron chi connectivity index (χ4n) is 3.88. The molecule has 0 radical (unpaired) electrons. The lowest BCUT2D eigenvalue weighted by molar-refractivity contribution is 0.0733. The fraction of sp³-hybridized carbons (Fsp3) is 0.0968. The van der Waals surface area contributed by atoms with Gasteiger partial charge in [0.05, 0.1) is 43.7 Å². The highest BCUT2D eigenvalue weighted by Gasteiger charge is 2.19. The molecule has 4 rings (SSSR count). The van der Waals surface area contributed by atoms with Crippen LogP contribution in [-0.2, 0) is 0 Å². The van der Waals surface area contributed by atoms with Crippen LogP contribution in [0.3, 0.4) is 0 Å². The van der Waals surface area contributed by atoms with Crippen LogP contribution in [-0.4, -0.2) is 45.3 Å². The van der Waals surface area contributed by atoms with Gasteiger partial charge in [0, 0.05) is 21.3 Å². The van der Waals surface area contributed by atoms with Gasteiger partial charge in [-0.1, -0.05) is 45.7 Å². The number of ether oxygens (including phenoxy) is 4. The summed E-state index contributed by atoms with van der Waals surface area (Å²) in [7, 11) is 4.34. The van der Waals surface area contributed by atoms with Crippen molar-refractivity contribution in [2.24, 2.45) is 5.10 Å². The molecule has 43 heavy (non-hydrogen) atoms. The zero-order chi connectivity index (χ0) is 30.9. The number of carbonyl (C=O) groups excluding carboxylic acids is 3. The van der Waals surface area contributed by atoms with Gasteiger partial charge >= 0.3 is 5.97 Å². The van der Waals surface area contributed by atoms with Crippen LogP contribution >= 0.6 is 27.5 Å². The number of benzene rings is 4. The highest BCUT2D eigenvalue weighted by molar-refractivity contribution is 9.10. The van der Waals surface area contributed by atoms with Crippen LogP contribution in [0, 0.1) is 0 Å². The summed E-state index contributed by atoms with van der Waals surface area (Å²) in [5, 5.41) is 7.06. The van der Waals surface area contributed by atoms with Crippen LogP contribution in [0.2, 0.25) is 5.02 Å². The molecule has 0 spiro atoms. The van der Waals surface area contributed by atoms with Gasteiger partial charge in [0.15, 0.2) is 11.5 Å². The van der Waals surface area contributed by atoms with E-state index in [9.17, 15) is 14.4 Å². The number of anilines is 1. The Morgan fingerprint density at radius 1 is 0.791 bits per heavy atom. The number of carbonyl (C=O) groups is 3. The number of rotatable bonds is 10. The SMILES string of the molecule is COc1cc(C(=O)Oc2ccc(Br)cc2C=NNC(=O)c2cccc(NC(=O)c3ccccc3Cl)c2)cc(OC)c1OC. The van der Waals surface area contributed by atoms with Gasteiger partial charge in [0.1, 0.15) is 5.75 Å². The van der Waals surface area contributed by atoms with Crippen molar-refractivity contribution in [3.63, 3.8) is 0 Å². The average molecular weight is 667 g/mol. The molecule has 0 unspecified atom stereocenters. The molecule has 4 aromatic rings. The molecule has 220 valence electrons. The summed E-state index contributed by atoms with van der Waals surface area (Å²) in [6.45, 7) is 0. The minimum Gasteiger partial charge on any atom is -0.493 e. The van der Waals surface area contributed by atoms with E-state index in [-0.39, 0.29) is 16.9 Å². The summed E-state index contributed by atoms with van der Waals surface area (Å²) in [5.41, 5.74) is 3.95. The molecule has 0 saturated carbocycles. The van der Waals surface area contributed by atoms with Crippen LogP contribution in [0.25, 0.3) is 0 Å². The predicted octanol–water partition coefficient (Wildman–Crippen LogP) is 6.36. The fourth-order valence-corrected chi connectivity index (χ4v) is 4.48. The largest absolute Gasteiger partial charge is 0.493 e. The normalized spacial score (nSPS) is 10.6. The first-order valence-electron chi connectivity index (χ1n) is 12.5. The quantitative estimate of drug-likeness (QED) is 0.0873. The highest BCUT2D eigenvalue weighted by atomic mass is 79.9. The Bertz CT molecular complexity index is 1690. The minimum absolute atomic E-state index is 0.162. The van der Waals surface area contributed by atoms with Crippen LogP contribution in [0.4, 0.5) is 5.69 Å². The first-order valence-corrected chi connectivity index (χ1v) is 13.7. The van der Waals surface area contributed by atoms with Crippen molar-refractivity contribution in [2.45, 2.75) is 0 Å². The summed E-state index contributed by atoms with van der Waals surface area (Å²) in [4.78, 5) is 38.4. The summed E-state index contributed by atoms with van der Waals surface area (Å²) < 4.78 is 22.3. The van der Waals surface area contributed by atoms with Gasteiger partial charge in [0.25, 0.3) is 11.8 Å². The minimum atomic E-state index is -0.684. The molecule has 0 aromatic heterocycles. The Labute approximate surface area is 260 Å². The van der Waals surface area contributed by atoms with Gasteiger partial charge in [0.2, 0.25) is 5.75 Å². The Balaban J connectivity index is 1.47. The van der Waals surface area contributed by atoms with Crippen molar-refractivity contribution in [1.29, 1.82) is 0 Å². The number of halogens is 2. The zero-order valence-electron chi connectivity index (χ0n) is 23.1. The van der Waals surface area contributed by atoms with Crippen molar-refractivity contribution in [3.8, 4) is 23.0 Å². The maximum absolute atomic E-state index is 13.0. The second-order valence-corrected chi connectivity index (χ2v) is 10.0.